The molecule has 0 radical (unpaired) electrons. The van der Waals surface area contributed by atoms with Crippen molar-refractivity contribution in [3.63, 3.8) is 0 Å². The molecule has 22 heavy (non-hydrogen) atoms. The Morgan fingerprint density at radius 1 is 1.09 bits per heavy atom. The Hall–Kier alpha value is -2.73. The molecule has 4 aromatic rings. The summed E-state index contributed by atoms with van der Waals surface area (Å²) in [5.74, 6) is 0.866. The highest BCUT2D eigenvalue weighted by atomic mass is 32.1. The summed E-state index contributed by atoms with van der Waals surface area (Å²) < 4.78 is 3.07. The smallest absolute Gasteiger partial charge is 0.137 e. The van der Waals surface area contributed by atoms with E-state index in [2.05, 4.69) is 31.7 Å². The minimum absolute atomic E-state index is 0.730. The third-order valence-electron chi connectivity index (χ3n) is 3.40. The van der Waals surface area contributed by atoms with Gasteiger partial charge < -0.3 is 5.32 Å². The molecule has 0 bridgehead atoms. The molecule has 0 atom stereocenters. The monoisotopic (exact) mass is 307 g/mol. The Morgan fingerprint density at radius 3 is 2.91 bits per heavy atom. The minimum Gasteiger partial charge on any atom is -0.380 e. The highest BCUT2D eigenvalue weighted by molar-refractivity contribution is 7.17. The maximum absolute atomic E-state index is 4.46. The number of nitrogens with zero attached hydrogens (tertiary/aromatic N) is 4. The number of nitrogens with one attached hydrogen (secondary N) is 1. The van der Waals surface area contributed by atoms with E-state index in [1.165, 1.54) is 4.70 Å². The van der Waals surface area contributed by atoms with Crippen molar-refractivity contribution in [3.8, 4) is 5.82 Å². The van der Waals surface area contributed by atoms with Crippen molar-refractivity contribution in [2.75, 3.05) is 5.32 Å². The maximum Gasteiger partial charge on any atom is 0.137 e. The topological polar surface area (TPSA) is 55.6 Å². The van der Waals surface area contributed by atoms with Gasteiger partial charge in [-0.15, -0.1) is 11.3 Å². The molecule has 0 aliphatic carbocycles. The molecule has 4 heterocycles. The van der Waals surface area contributed by atoms with E-state index in [1.807, 2.05) is 41.4 Å². The average Bonchev–Trinajstić information content (AvgIpc) is 3.24. The lowest BCUT2D eigenvalue weighted by atomic mass is 10.2. The van der Waals surface area contributed by atoms with Crippen molar-refractivity contribution in [1.29, 1.82) is 0 Å². The van der Waals surface area contributed by atoms with Gasteiger partial charge in [-0.25, -0.2) is 9.97 Å². The van der Waals surface area contributed by atoms with Crippen LogP contribution in [0, 0.1) is 0 Å². The fraction of sp³-hybridized carbons (Fsp3) is 0.0625. The number of imidazole rings is 1. The van der Waals surface area contributed by atoms with Gasteiger partial charge in [0.1, 0.15) is 12.1 Å². The van der Waals surface area contributed by atoms with Crippen LogP contribution >= 0.6 is 11.3 Å². The molecular weight excluding hydrogens is 294 g/mol. The molecule has 0 aromatic carbocycles. The van der Waals surface area contributed by atoms with Crippen molar-refractivity contribution in [2.24, 2.45) is 0 Å². The highest BCUT2D eigenvalue weighted by Gasteiger charge is 2.03. The summed E-state index contributed by atoms with van der Waals surface area (Å²) in [4.78, 5) is 12.8. The number of thiophene rings is 1. The predicted molar refractivity (Wildman–Crippen MR) is 88.3 cm³/mol. The molecule has 4 aromatic heterocycles. The molecule has 4 rings (SSSR count). The molecule has 6 heteroatoms. The summed E-state index contributed by atoms with van der Waals surface area (Å²) in [5, 5.41) is 5.52. The van der Waals surface area contributed by atoms with E-state index in [4.69, 9.17) is 0 Å². The number of hydrogen-bond acceptors (Lipinski definition) is 5. The van der Waals surface area contributed by atoms with E-state index in [9.17, 15) is 0 Å². The van der Waals surface area contributed by atoms with Gasteiger partial charge in [-0.2, -0.15) is 0 Å². The minimum atomic E-state index is 0.730. The highest BCUT2D eigenvalue weighted by Crippen LogP contribution is 2.27. The van der Waals surface area contributed by atoms with Gasteiger partial charge in [0.25, 0.3) is 0 Å². The molecule has 0 spiro atoms. The quantitative estimate of drug-likeness (QED) is 0.627. The molecule has 0 saturated carbocycles. The molecule has 5 nitrogen and oxygen atoms in total. The SMILES string of the molecule is c1cn(-c2ccc(CNc3ccnc4ccsc34)cn2)cn1. The summed E-state index contributed by atoms with van der Waals surface area (Å²) in [6.45, 7) is 0.730. The molecule has 0 fully saturated rings. The lowest BCUT2D eigenvalue weighted by molar-refractivity contribution is 0.979. The summed E-state index contributed by atoms with van der Waals surface area (Å²) in [5.41, 5.74) is 3.27. The summed E-state index contributed by atoms with van der Waals surface area (Å²) in [7, 11) is 0. The van der Waals surface area contributed by atoms with Gasteiger partial charge in [-0.05, 0) is 29.1 Å². The van der Waals surface area contributed by atoms with E-state index in [0.717, 1.165) is 29.1 Å². The molecule has 0 saturated heterocycles. The third kappa shape index (κ3) is 2.44. The van der Waals surface area contributed by atoms with Crippen molar-refractivity contribution < 1.29 is 0 Å². The van der Waals surface area contributed by atoms with Crippen LogP contribution < -0.4 is 5.32 Å². The van der Waals surface area contributed by atoms with Crippen molar-refractivity contribution >= 4 is 27.2 Å². The van der Waals surface area contributed by atoms with Gasteiger partial charge in [0.2, 0.25) is 0 Å². The molecular formula is C16H13N5S. The zero-order valence-corrected chi connectivity index (χ0v) is 12.5. The first kappa shape index (κ1) is 13.0. The van der Waals surface area contributed by atoms with E-state index in [-0.39, 0.29) is 0 Å². The first-order valence-electron chi connectivity index (χ1n) is 6.89. The fourth-order valence-electron chi connectivity index (χ4n) is 2.28. The Morgan fingerprint density at radius 2 is 2.09 bits per heavy atom. The van der Waals surface area contributed by atoms with Crippen LogP contribution in [0.2, 0.25) is 0 Å². The van der Waals surface area contributed by atoms with Crippen LogP contribution in [0.3, 0.4) is 0 Å². The van der Waals surface area contributed by atoms with Crippen LogP contribution in [0.15, 0.2) is 60.8 Å². The van der Waals surface area contributed by atoms with Crippen molar-refractivity contribution in [3.05, 3.63) is 66.3 Å². The first-order chi connectivity index (χ1) is 10.9. The predicted octanol–water partition coefficient (Wildman–Crippen LogP) is 3.49. The van der Waals surface area contributed by atoms with Crippen molar-refractivity contribution in [2.45, 2.75) is 6.54 Å². The number of pyridine rings is 2. The van der Waals surface area contributed by atoms with Crippen LogP contribution in [0.25, 0.3) is 16.0 Å². The number of aromatic nitrogens is 4. The Bertz CT molecular complexity index is 880. The summed E-state index contributed by atoms with van der Waals surface area (Å²) in [6.07, 6.45) is 9.08. The lowest BCUT2D eigenvalue weighted by Crippen LogP contribution is -2.01. The second-order valence-electron chi connectivity index (χ2n) is 4.84. The Balaban J connectivity index is 1.51. The van der Waals surface area contributed by atoms with Gasteiger partial charge in [-0.1, -0.05) is 6.07 Å². The summed E-state index contributed by atoms with van der Waals surface area (Å²) in [6, 6.07) is 8.10. The van der Waals surface area contributed by atoms with Crippen LogP contribution in [-0.4, -0.2) is 19.5 Å². The summed E-state index contributed by atoms with van der Waals surface area (Å²) >= 11 is 1.70. The van der Waals surface area contributed by atoms with Gasteiger partial charge in [0, 0.05) is 31.3 Å². The molecule has 0 aliphatic rings. The van der Waals surface area contributed by atoms with Gasteiger partial charge in [0.15, 0.2) is 0 Å². The number of anilines is 1. The molecule has 108 valence electrons. The van der Waals surface area contributed by atoms with Crippen LogP contribution in [0.5, 0.6) is 0 Å². The van der Waals surface area contributed by atoms with Gasteiger partial charge in [-0.3, -0.25) is 9.55 Å². The second kappa shape index (κ2) is 5.57. The second-order valence-corrected chi connectivity index (χ2v) is 5.76. The van der Waals surface area contributed by atoms with Crippen LogP contribution in [-0.2, 0) is 6.54 Å². The third-order valence-corrected chi connectivity index (χ3v) is 4.34. The number of rotatable bonds is 4. The number of fused-ring (bicyclic) bond motifs is 1. The molecule has 0 unspecified atom stereocenters. The molecule has 0 amide bonds. The molecule has 1 N–H and O–H groups in total. The zero-order chi connectivity index (χ0) is 14.8. The van der Waals surface area contributed by atoms with E-state index in [0.29, 0.717) is 0 Å². The maximum atomic E-state index is 4.46. The largest absolute Gasteiger partial charge is 0.380 e. The lowest BCUT2D eigenvalue weighted by Gasteiger charge is -2.08. The Kier molecular flexibility index (Phi) is 3.29. The fourth-order valence-corrected chi connectivity index (χ4v) is 3.12. The van der Waals surface area contributed by atoms with E-state index < -0.39 is 0 Å². The van der Waals surface area contributed by atoms with Crippen LogP contribution in [0.4, 0.5) is 5.69 Å². The van der Waals surface area contributed by atoms with Gasteiger partial charge >= 0.3 is 0 Å². The molecule has 0 aliphatic heterocycles. The van der Waals surface area contributed by atoms with E-state index in [1.54, 1.807) is 23.9 Å². The normalized spacial score (nSPS) is 10.9. The Labute approximate surface area is 131 Å². The standard InChI is InChI=1S/C16H13N5S/c1-2-15(21-7-6-17-11-21)20-10-12(1)9-19-13-3-5-18-14-4-8-22-16(13)14/h1-8,10-11H,9H2,(H,18,19). The zero-order valence-electron chi connectivity index (χ0n) is 11.7. The van der Waals surface area contributed by atoms with Crippen molar-refractivity contribution in [1.82, 2.24) is 19.5 Å². The average molecular weight is 307 g/mol. The van der Waals surface area contributed by atoms with Gasteiger partial charge in [0.05, 0.1) is 15.9 Å². The van der Waals surface area contributed by atoms with E-state index >= 15 is 0 Å². The first-order valence-corrected chi connectivity index (χ1v) is 7.77. The number of hydrogen-bond donors (Lipinski definition) is 1. The van der Waals surface area contributed by atoms with Crippen LogP contribution in [0.1, 0.15) is 5.56 Å².